The Hall–Kier alpha value is -2.88. The third kappa shape index (κ3) is 5.21. The van der Waals surface area contributed by atoms with Crippen LogP contribution in [-0.2, 0) is 16.8 Å². The van der Waals surface area contributed by atoms with Crippen LogP contribution in [0.15, 0.2) is 48.5 Å². The van der Waals surface area contributed by atoms with E-state index in [1.165, 1.54) is 5.56 Å². The highest BCUT2D eigenvalue weighted by Gasteiger charge is 2.38. The molecule has 1 heterocycles. The minimum absolute atomic E-state index is 0.0800. The summed E-state index contributed by atoms with van der Waals surface area (Å²) in [6.07, 6.45) is 5.63. The van der Waals surface area contributed by atoms with Crippen molar-refractivity contribution in [3.8, 4) is 11.8 Å². The molecule has 2 fully saturated rings. The zero-order chi connectivity index (χ0) is 23.4. The molecule has 33 heavy (non-hydrogen) atoms. The lowest BCUT2D eigenvalue weighted by molar-refractivity contribution is -0.139. The minimum atomic E-state index is -0.853. The van der Waals surface area contributed by atoms with Gasteiger partial charge in [0.15, 0.2) is 0 Å². The van der Waals surface area contributed by atoms with Crippen molar-refractivity contribution in [1.82, 2.24) is 10.2 Å². The fourth-order valence-corrected chi connectivity index (χ4v) is 5.52. The van der Waals surface area contributed by atoms with E-state index in [0.29, 0.717) is 30.2 Å². The highest BCUT2D eigenvalue weighted by Crippen LogP contribution is 2.44. The van der Waals surface area contributed by atoms with Crippen molar-refractivity contribution in [2.75, 3.05) is 20.6 Å². The van der Waals surface area contributed by atoms with Crippen molar-refractivity contribution in [1.29, 1.82) is 5.26 Å². The number of hydrogen-bond acceptors (Lipinski definition) is 5. The summed E-state index contributed by atoms with van der Waals surface area (Å²) in [5.41, 5.74) is 3.18. The summed E-state index contributed by atoms with van der Waals surface area (Å²) in [6, 6.07) is 18.2. The molecule has 0 bridgehead atoms. The third-order valence-electron chi connectivity index (χ3n) is 7.41. The molecule has 0 unspecified atom stereocenters. The van der Waals surface area contributed by atoms with E-state index in [0.717, 1.165) is 37.7 Å². The zero-order valence-corrected chi connectivity index (χ0v) is 19.5. The second-order valence-electron chi connectivity index (χ2n) is 9.69. The van der Waals surface area contributed by atoms with E-state index >= 15 is 0 Å². The van der Waals surface area contributed by atoms with Gasteiger partial charge in [0, 0.05) is 18.5 Å². The smallest absolute Gasteiger partial charge is 0.320 e. The molecule has 0 radical (unpaired) electrons. The molecule has 174 valence electrons. The van der Waals surface area contributed by atoms with Crippen molar-refractivity contribution < 1.29 is 14.6 Å². The number of rotatable bonds is 7. The number of nitriles is 1. The number of nitrogens with zero attached hydrogens (tertiary/aromatic N) is 2. The molecule has 2 aromatic carbocycles. The van der Waals surface area contributed by atoms with Gasteiger partial charge in [0.2, 0.25) is 0 Å². The Morgan fingerprint density at radius 1 is 1.21 bits per heavy atom. The SMILES string of the molecule is CN(C)C1(c2ccccc2)CCC(Cc2cc(C#N)cc(O[C@@H]3CN[C@H](C(=O)O)C3)c2)CC1. The lowest BCUT2D eigenvalue weighted by Gasteiger charge is -2.45. The van der Waals surface area contributed by atoms with E-state index in [1.807, 2.05) is 12.1 Å². The molecule has 1 aliphatic heterocycles. The molecule has 6 heteroatoms. The van der Waals surface area contributed by atoms with Crippen LogP contribution in [0.4, 0.5) is 0 Å². The summed E-state index contributed by atoms with van der Waals surface area (Å²) < 4.78 is 6.07. The van der Waals surface area contributed by atoms with Crippen molar-refractivity contribution in [2.45, 2.75) is 56.2 Å². The molecule has 4 rings (SSSR count). The number of ether oxygens (including phenoxy) is 1. The Morgan fingerprint density at radius 2 is 1.94 bits per heavy atom. The molecule has 1 saturated heterocycles. The third-order valence-corrected chi connectivity index (χ3v) is 7.41. The van der Waals surface area contributed by atoms with E-state index < -0.39 is 12.0 Å². The topological polar surface area (TPSA) is 85.6 Å². The van der Waals surface area contributed by atoms with Gasteiger partial charge in [0.05, 0.1) is 11.6 Å². The van der Waals surface area contributed by atoms with Gasteiger partial charge in [-0.25, -0.2) is 0 Å². The molecule has 2 aliphatic rings. The number of hydrogen-bond donors (Lipinski definition) is 2. The van der Waals surface area contributed by atoms with Gasteiger partial charge in [0.25, 0.3) is 0 Å². The lowest BCUT2D eigenvalue weighted by Crippen LogP contribution is -2.44. The molecular formula is C27H33N3O3. The van der Waals surface area contributed by atoms with Gasteiger partial charge in [-0.3, -0.25) is 9.69 Å². The van der Waals surface area contributed by atoms with Gasteiger partial charge in [-0.05, 0) is 81.4 Å². The molecule has 0 spiro atoms. The molecule has 0 aromatic heterocycles. The fraction of sp³-hybridized carbons (Fsp3) is 0.481. The van der Waals surface area contributed by atoms with Gasteiger partial charge in [-0.2, -0.15) is 5.26 Å². The number of nitrogens with one attached hydrogen (secondary N) is 1. The molecule has 6 nitrogen and oxygen atoms in total. The molecule has 2 N–H and O–H groups in total. The summed E-state index contributed by atoms with van der Waals surface area (Å²) in [6.45, 7) is 0.498. The Bertz CT molecular complexity index is 1010. The van der Waals surface area contributed by atoms with Gasteiger partial charge >= 0.3 is 5.97 Å². The predicted octanol–water partition coefficient (Wildman–Crippen LogP) is 3.94. The molecule has 2 atom stereocenters. The van der Waals surface area contributed by atoms with Gasteiger partial charge in [-0.1, -0.05) is 30.3 Å². The first kappa shape index (κ1) is 23.3. The second kappa shape index (κ2) is 9.94. The molecule has 0 amide bonds. The van der Waals surface area contributed by atoms with Crippen LogP contribution < -0.4 is 10.1 Å². The van der Waals surface area contributed by atoms with Gasteiger partial charge < -0.3 is 15.2 Å². The monoisotopic (exact) mass is 447 g/mol. The summed E-state index contributed by atoms with van der Waals surface area (Å²) in [4.78, 5) is 13.6. The van der Waals surface area contributed by atoms with Crippen molar-refractivity contribution in [3.63, 3.8) is 0 Å². The van der Waals surface area contributed by atoms with E-state index in [1.54, 1.807) is 6.07 Å². The van der Waals surface area contributed by atoms with Crippen LogP contribution in [-0.4, -0.2) is 48.8 Å². The first-order valence-corrected chi connectivity index (χ1v) is 11.8. The van der Waals surface area contributed by atoms with Crippen molar-refractivity contribution >= 4 is 5.97 Å². The van der Waals surface area contributed by atoms with E-state index in [4.69, 9.17) is 4.74 Å². The summed E-state index contributed by atoms with van der Waals surface area (Å²) >= 11 is 0. The van der Waals surface area contributed by atoms with Gasteiger partial charge in [-0.15, -0.1) is 0 Å². The predicted molar refractivity (Wildman–Crippen MR) is 127 cm³/mol. The molecule has 1 aliphatic carbocycles. The normalized spacial score (nSPS) is 27.3. The molecular weight excluding hydrogens is 414 g/mol. The van der Waals surface area contributed by atoms with Crippen molar-refractivity contribution in [3.05, 3.63) is 65.2 Å². The van der Waals surface area contributed by atoms with Gasteiger partial charge in [0.1, 0.15) is 17.9 Å². The van der Waals surface area contributed by atoms with E-state index in [-0.39, 0.29) is 11.6 Å². The number of carbonyl (C=O) groups is 1. The van der Waals surface area contributed by atoms with E-state index in [2.05, 4.69) is 60.7 Å². The number of aliphatic carboxylic acids is 1. The van der Waals surface area contributed by atoms with Crippen LogP contribution in [0.5, 0.6) is 5.75 Å². The Labute approximate surface area is 196 Å². The minimum Gasteiger partial charge on any atom is -0.489 e. The van der Waals surface area contributed by atoms with Crippen LogP contribution in [0.1, 0.15) is 48.8 Å². The number of carboxylic acid groups (broad SMARTS) is 1. The average Bonchev–Trinajstić information content (AvgIpc) is 3.29. The summed E-state index contributed by atoms with van der Waals surface area (Å²) in [7, 11) is 4.36. The Kier molecular flexibility index (Phi) is 7.02. The first-order chi connectivity index (χ1) is 15.9. The largest absolute Gasteiger partial charge is 0.489 e. The quantitative estimate of drug-likeness (QED) is 0.669. The first-order valence-electron chi connectivity index (χ1n) is 11.8. The number of benzene rings is 2. The van der Waals surface area contributed by atoms with Crippen LogP contribution in [0.2, 0.25) is 0 Å². The summed E-state index contributed by atoms with van der Waals surface area (Å²) in [5.74, 6) is 0.368. The van der Waals surface area contributed by atoms with Crippen LogP contribution >= 0.6 is 0 Å². The maximum atomic E-state index is 11.2. The molecule has 1 saturated carbocycles. The number of carboxylic acids is 1. The van der Waals surface area contributed by atoms with E-state index in [9.17, 15) is 15.2 Å². The van der Waals surface area contributed by atoms with Crippen molar-refractivity contribution in [2.24, 2.45) is 5.92 Å². The molecule has 2 aromatic rings. The zero-order valence-electron chi connectivity index (χ0n) is 19.5. The standard InChI is InChI=1S/C27H33N3O3/c1-30(2)27(22-6-4-3-5-7-22)10-8-19(9-11-27)12-20-13-21(17-28)15-23(14-20)33-24-16-25(26(31)32)29-18-24/h3-7,13-15,19,24-25,29H,8-12,16,18H2,1-2H3,(H,31,32)/t19?,24-,25-,27?/m0/s1. The van der Waals surface area contributed by atoms with Crippen LogP contribution in [0.3, 0.4) is 0 Å². The second-order valence-corrected chi connectivity index (χ2v) is 9.69. The maximum absolute atomic E-state index is 11.2. The lowest BCUT2D eigenvalue weighted by atomic mass is 9.70. The maximum Gasteiger partial charge on any atom is 0.320 e. The Morgan fingerprint density at radius 3 is 2.55 bits per heavy atom. The highest BCUT2D eigenvalue weighted by molar-refractivity contribution is 5.73. The average molecular weight is 448 g/mol. The van der Waals surface area contributed by atoms with Crippen LogP contribution in [0.25, 0.3) is 0 Å². The highest BCUT2D eigenvalue weighted by atomic mass is 16.5. The van der Waals surface area contributed by atoms with Crippen LogP contribution in [0, 0.1) is 17.2 Å². The fourth-order valence-electron chi connectivity index (χ4n) is 5.52. The Balaban J connectivity index is 1.43. The summed E-state index contributed by atoms with van der Waals surface area (Å²) in [5, 5.41) is 21.7.